The van der Waals surface area contributed by atoms with Crippen LogP contribution in [0.3, 0.4) is 0 Å². The van der Waals surface area contributed by atoms with E-state index >= 15 is 0 Å². The highest BCUT2D eigenvalue weighted by Gasteiger charge is 2.24. The minimum atomic E-state index is -1.16. The van der Waals surface area contributed by atoms with Crippen LogP contribution < -0.4 is 5.32 Å². The Kier molecular flexibility index (Phi) is 8.63. The zero-order valence-electron chi connectivity index (χ0n) is 21.2. The van der Waals surface area contributed by atoms with Crippen molar-refractivity contribution in [1.29, 1.82) is 0 Å². The standard InChI is InChI=1S/C29H26N6O4/c1-2-6-21(29(39)34-35-30)15-19-11-14-23-24(16-19)31-26(27(38)20-7-4-3-5-8-20)28(32-23)33-25(37)17-18-9-12-22(36)13-10-18/h2-10,12-13,15-16,27,36,38H,11,14,17H2,1H3,(H,32,33,37)/b6-2-,21-15+. The maximum atomic E-state index is 12.9. The van der Waals surface area contributed by atoms with Crippen molar-refractivity contribution in [2.24, 2.45) is 5.11 Å². The molecular weight excluding hydrogens is 496 g/mol. The number of aliphatic hydroxyl groups excluding tert-OH is 1. The van der Waals surface area contributed by atoms with Crippen LogP contribution in [0.2, 0.25) is 0 Å². The lowest BCUT2D eigenvalue weighted by molar-refractivity contribution is -0.116. The first kappa shape index (κ1) is 27.0. The van der Waals surface area contributed by atoms with Crippen LogP contribution in [0.1, 0.15) is 47.7 Å². The first-order valence-corrected chi connectivity index (χ1v) is 12.2. The fourth-order valence-electron chi connectivity index (χ4n) is 4.13. The number of fused-ring (bicyclic) bond motifs is 1. The Morgan fingerprint density at radius 1 is 1.13 bits per heavy atom. The van der Waals surface area contributed by atoms with Gasteiger partial charge in [-0.1, -0.05) is 54.6 Å². The maximum absolute atomic E-state index is 12.9. The van der Waals surface area contributed by atoms with E-state index in [0.29, 0.717) is 35.4 Å². The molecule has 3 aromatic rings. The quantitative estimate of drug-likeness (QED) is 0.122. The molecule has 0 aliphatic heterocycles. The summed E-state index contributed by atoms with van der Waals surface area (Å²) in [7, 11) is 0. The van der Waals surface area contributed by atoms with E-state index in [1.165, 1.54) is 12.1 Å². The highest BCUT2D eigenvalue weighted by molar-refractivity contribution is 5.97. The molecule has 0 spiro atoms. The molecular formula is C29H26N6O4. The van der Waals surface area contributed by atoms with Crippen molar-refractivity contribution < 1.29 is 19.8 Å². The summed E-state index contributed by atoms with van der Waals surface area (Å²) in [5, 5.41) is 26.7. The van der Waals surface area contributed by atoms with E-state index < -0.39 is 12.0 Å². The molecule has 0 saturated carbocycles. The first-order valence-electron chi connectivity index (χ1n) is 12.2. The van der Waals surface area contributed by atoms with Crippen LogP contribution in [-0.4, -0.2) is 32.0 Å². The Bertz CT molecular complexity index is 1520. The van der Waals surface area contributed by atoms with Crippen molar-refractivity contribution in [3.63, 3.8) is 0 Å². The van der Waals surface area contributed by atoms with Gasteiger partial charge in [-0.15, -0.1) is 0 Å². The third-order valence-corrected chi connectivity index (χ3v) is 6.00. The van der Waals surface area contributed by atoms with Gasteiger partial charge in [-0.2, -0.15) is 0 Å². The van der Waals surface area contributed by atoms with Gasteiger partial charge < -0.3 is 15.5 Å². The summed E-state index contributed by atoms with van der Waals surface area (Å²) < 4.78 is 0. The third kappa shape index (κ3) is 6.84. The molecule has 39 heavy (non-hydrogen) atoms. The number of carbonyl (C=O) groups excluding carboxylic acids is 2. The number of nitrogens with zero attached hydrogens (tertiary/aromatic N) is 5. The molecule has 1 heterocycles. The van der Waals surface area contributed by atoms with Crippen molar-refractivity contribution in [2.75, 3.05) is 5.32 Å². The lowest BCUT2D eigenvalue weighted by Crippen LogP contribution is -2.21. The van der Waals surface area contributed by atoms with Gasteiger partial charge in [-0.3, -0.25) is 9.59 Å². The SMILES string of the molecule is C/C=C\C(=C/C1=Cc2nc(C(O)c3ccccc3)c(NC(=O)Cc3ccc(O)cc3)nc2CC1)C(=O)N=[N+]=[N-]. The number of aromatic hydroxyl groups is 1. The second kappa shape index (κ2) is 12.5. The van der Waals surface area contributed by atoms with E-state index in [2.05, 4.69) is 20.3 Å². The first-order chi connectivity index (χ1) is 18.9. The summed E-state index contributed by atoms with van der Waals surface area (Å²) in [5.74, 6) is -0.774. The molecule has 0 fully saturated rings. The number of phenolic OH excluding ortho intramolecular Hbond substituents is 1. The number of benzene rings is 2. The normalized spacial score (nSPS) is 13.7. The third-order valence-electron chi connectivity index (χ3n) is 6.00. The molecule has 4 rings (SSSR count). The second-order valence-corrected chi connectivity index (χ2v) is 8.81. The van der Waals surface area contributed by atoms with Gasteiger partial charge >= 0.3 is 0 Å². The zero-order chi connectivity index (χ0) is 27.8. The molecule has 10 heteroatoms. The van der Waals surface area contributed by atoms with Crippen LogP contribution in [0.25, 0.3) is 16.5 Å². The minimum Gasteiger partial charge on any atom is -0.508 e. The van der Waals surface area contributed by atoms with Crippen LogP contribution in [-0.2, 0) is 22.4 Å². The zero-order valence-corrected chi connectivity index (χ0v) is 21.2. The number of rotatable bonds is 8. The predicted molar refractivity (Wildman–Crippen MR) is 146 cm³/mol. The number of amides is 2. The Morgan fingerprint density at radius 2 is 1.87 bits per heavy atom. The summed E-state index contributed by atoms with van der Waals surface area (Å²) in [6, 6.07) is 15.2. The van der Waals surface area contributed by atoms with Crippen LogP contribution in [0, 0.1) is 0 Å². The van der Waals surface area contributed by atoms with E-state index in [1.54, 1.807) is 67.6 Å². The Morgan fingerprint density at radius 3 is 2.56 bits per heavy atom. The Balaban J connectivity index is 1.71. The molecule has 0 saturated heterocycles. The highest BCUT2D eigenvalue weighted by atomic mass is 16.3. The van der Waals surface area contributed by atoms with Gasteiger partial charge in [0.15, 0.2) is 5.82 Å². The number of aliphatic hydroxyl groups is 1. The predicted octanol–water partition coefficient (Wildman–Crippen LogP) is 5.11. The van der Waals surface area contributed by atoms with Crippen LogP contribution >= 0.6 is 0 Å². The monoisotopic (exact) mass is 522 g/mol. The van der Waals surface area contributed by atoms with E-state index in [0.717, 1.165) is 5.57 Å². The smallest absolute Gasteiger partial charge is 0.249 e. The maximum Gasteiger partial charge on any atom is 0.249 e. The van der Waals surface area contributed by atoms with Gasteiger partial charge in [-0.25, -0.2) is 9.97 Å². The molecule has 0 radical (unpaired) electrons. The number of allylic oxidation sites excluding steroid dienone is 3. The lowest BCUT2D eigenvalue weighted by Gasteiger charge is -2.20. The van der Waals surface area contributed by atoms with Gasteiger partial charge in [0.2, 0.25) is 11.8 Å². The van der Waals surface area contributed by atoms with E-state index in [4.69, 9.17) is 10.5 Å². The van der Waals surface area contributed by atoms with Crippen LogP contribution in [0.4, 0.5) is 5.82 Å². The number of hydrogen-bond donors (Lipinski definition) is 3. The molecule has 2 aromatic carbocycles. The molecule has 196 valence electrons. The summed E-state index contributed by atoms with van der Waals surface area (Å²) in [6.45, 7) is 1.75. The molecule has 1 aliphatic carbocycles. The van der Waals surface area contributed by atoms with Crippen molar-refractivity contribution in [2.45, 2.75) is 32.3 Å². The van der Waals surface area contributed by atoms with E-state index in [-0.39, 0.29) is 35.2 Å². The van der Waals surface area contributed by atoms with Crippen molar-refractivity contribution in [1.82, 2.24) is 9.97 Å². The number of nitrogens with one attached hydrogen (secondary N) is 1. The largest absolute Gasteiger partial charge is 0.508 e. The van der Waals surface area contributed by atoms with Gasteiger partial charge in [0.05, 0.1) is 17.8 Å². The molecule has 1 unspecified atom stereocenters. The molecule has 10 nitrogen and oxygen atoms in total. The number of azide groups is 1. The number of carbonyl (C=O) groups is 2. The fraction of sp³-hybridized carbons (Fsp3) is 0.172. The Hall–Kier alpha value is -5.05. The Labute approximate surface area is 224 Å². The average Bonchev–Trinajstić information content (AvgIpc) is 2.94. The molecule has 2 amide bonds. The van der Waals surface area contributed by atoms with Gasteiger partial charge in [0.1, 0.15) is 17.5 Å². The van der Waals surface area contributed by atoms with E-state index in [9.17, 15) is 19.8 Å². The van der Waals surface area contributed by atoms with Crippen molar-refractivity contribution >= 4 is 23.7 Å². The van der Waals surface area contributed by atoms with Gasteiger partial charge in [-0.05, 0) is 71.4 Å². The summed E-state index contributed by atoms with van der Waals surface area (Å²) in [6.07, 6.45) is 6.55. The van der Waals surface area contributed by atoms with Crippen molar-refractivity contribution in [3.8, 4) is 5.75 Å². The highest BCUT2D eigenvalue weighted by Crippen LogP contribution is 2.31. The van der Waals surface area contributed by atoms with Crippen LogP contribution in [0.15, 0.2) is 89.1 Å². The van der Waals surface area contributed by atoms with Gasteiger partial charge in [0.25, 0.3) is 0 Å². The number of hydrogen-bond acceptors (Lipinski definition) is 6. The number of phenols is 1. The number of anilines is 1. The molecule has 1 atom stereocenters. The summed E-state index contributed by atoms with van der Waals surface area (Å²) in [5.41, 5.74) is 12.2. The second-order valence-electron chi connectivity index (χ2n) is 8.81. The van der Waals surface area contributed by atoms with Crippen molar-refractivity contribution in [3.05, 3.63) is 123 Å². The lowest BCUT2D eigenvalue weighted by atomic mass is 9.96. The molecule has 1 aliphatic rings. The summed E-state index contributed by atoms with van der Waals surface area (Å²) >= 11 is 0. The fourth-order valence-corrected chi connectivity index (χ4v) is 4.13. The minimum absolute atomic E-state index is 0.0433. The number of aromatic nitrogens is 2. The van der Waals surface area contributed by atoms with E-state index in [1.807, 2.05) is 6.07 Å². The summed E-state index contributed by atoms with van der Waals surface area (Å²) in [4.78, 5) is 37.0. The number of aryl methyl sites for hydroxylation is 1. The topological polar surface area (TPSA) is 161 Å². The van der Waals surface area contributed by atoms with Gasteiger partial charge in [0, 0.05) is 10.5 Å². The average molecular weight is 523 g/mol. The molecule has 3 N–H and O–H groups in total. The molecule has 1 aromatic heterocycles. The van der Waals surface area contributed by atoms with Crippen LogP contribution in [0.5, 0.6) is 5.75 Å². The molecule has 0 bridgehead atoms.